The van der Waals surface area contributed by atoms with Crippen LogP contribution in [0.25, 0.3) is 0 Å². The SMILES string of the molecule is CC(C)[C@H](Nc1ccc([N+](=O)[O-])cc1)C(=O)N1CCOCC1. The van der Waals surface area contributed by atoms with Gasteiger partial charge in [-0.15, -0.1) is 0 Å². The number of amides is 1. The zero-order valence-electron chi connectivity index (χ0n) is 12.8. The van der Waals surface area contributed by atoms with E-state index >= 15 is 0 Å². The Hall–Kier alpha value is -2.15. The van der Waals surface area contributed by atoms with Crippen molar-refractivity contribution in [1.29, 1.82) is 0 Å². The first-order valence-electron chi connectivity index (χ1n) is 7.36. The fourth-order valence-electron chi connectivity index (χ4n) is 2.35. The topological polar surface area (TPSA) is 84.7 Å². The van der Waals surface area contributed by atoms with E-state index in [1.165, 1.54) is 12.1 Å². The highest BCUT2D eigenvalue weighted by Crippen LogP contribution is 2.19. The van der Waals surface area contributed by atoms with Gasteiger partial charge in [0.05, 0.1) is 18.1 Å². The van der Waals surface area contributed by atoms with Gasteiger partial charge in [-0.3, -0.25) is 14.9 Å². The zero-order valence-corrected chi connectivity index (χ0v) is 12.8. The van der Waals surface area contributed by atoms with E-state index < -0.39 is 4.92 Å². The number of hydrogen-bond donors (Lipinski definition) is 1. The van der Waals surface area contributed by atoms with E-state index in [2.05, 4.69) is 5.32 Å². The second-order valence-corrected chi connectivity index (χ2v) is 5.61. The third-order valence-electron chi connectivity index (χ3n) is 3.66. The summed E-state index contributed by atoms with van der Waals surface area (Å²) in [5, 5.41) is 13.9. The maximum absolute atomic E-state index is 12.6. The smallest absolute Gasteiger partial charge is 0.269 e. The van der Waals surface area contributed by atoms with Crippen LogP contribution in [0.4, 0.5) is 11.4 Å². The molecule has 2 rings (SSSR count). The minimum Gasteiger partial charge on any atom is -0.378 e. The lowest BCUT2D eigenvalue weighted by molar-refractivity contribution is -0.384. The molecular formula is C15H21N3O4. The Kier molecular flexibility index (Phi) is 5.32. The Morgan fingerprint density at radius 1 is 1.27 bits per heavy atom. The van der Waals surface area contributed by atoms with E-state index in [4.69, 9.17) is 4.74 Å². The molecule has 1 fully saturated rings. The van der Waals surface area contributed by atoms with Gasteiger partial charge in [-0.05, 0) is 18.1 Å². The first kappa shape index (κ1) is 16.2. The summed E-state index contributed by atoms with van der Waals surface area (Å²) in [6.45, 7) is 6.28. The molecular weight excluding hydrogens is 286 g/mol. The molecule has 1 aliphatic rings. The van der Waals surface area contributed by atoms with Crippen LogP contribution in [-0.2, 0) is 9.53 Å². The average Bonchev–Trinajstić information content (AvgIpc) is 2.53. The molecule has 0 spiro atoms. The van der Waals surface area contributed by atoms with Crippen molar-refractivity contribution in [3.8, 4) is 0 Å². The van der Waals surface area contributed by atoms with E-state index in [1.807, 2.05) is 13.8 Å². The van der Waals surface area contributed by atoms with Gasteiger partial charge in [0, 0.05) is 30.9 Å². The van der Waals surface area contributed by atoms with Crippen molar-refractivity contribution in [2.24, 2.45) is 5.92 Å². The molecule has 1 amide bonds. The molecule has 7 nitrogen and oxygen atoms in total. The predicted molar refractivity (Wildman–Crippen MR) is 82.7 cm³/mol. The molecule has 1 atom stereocenters. The molecule has 22 heavy (non-hydrogen) atoms. The number of nitrogens with one attached hydrogen (secondary N) is 1. The van der Waals surface area contributed by atoms with Gasteiger partial charge >= 0.3 is 0 Å². The predicted octanol–water partition coefficient (Wildman–Crippen LogP) is 1.89. The van der Waals surface area contributed by atoms with Crippen LogP contribution in [0.3, 0.4) is 0 Å². The molecule has 1 aliphatic heterocycles. The Bertz CT molecular complexity index is 524. The lowest BCUT2D eigenvalue weighted by Gasteiger charge is -2.32. The van der Waals surface area contributed by atoms with Crippen molar-refractivity contribution >= 4 is 17.3 Å². The van der Waals surface area contributed by atoms with Crippen LogP contribution in [0, 0.1) is 16.0 Å². The van der Waals surface area contributed by atoms with Crippen LogP contribution in [0.15, 0.2) is 24.3 Å². The summed E-state index contributed by atoms with van der Waals surface area (Å²) >= 11 is 0. The van der Waals surface area contributed by atoms with E-state index in [1.54, 1.807) is 17.0 Å². The lowest BCUT2D eigenvalue weighted by Crippen LogP contribution is -2.49. The van der Waals surface area contributed by atoms with Crippen LogP contribution in [0.2, 0.25) is 0 Å². The number of nitro benzene ring substituents is 1. The second kappa shape index (κ2) is 7.22. The summed E-state index contributed by atoms with van der Waals surface area (Å²) in [5.74, 6) is 0.141. The van der Waals surface area contributed by atoms with Crippen LogP contribution < -0.4 is 5.32 Å². The van der Waals surface area contributed by atoms with Gasteiger partial charge in [0.25, 0.3) is 5.69 Å². The number of carbonyl (C=O) groups is 1. The summed E-state index contributed by atoms with van der Waals surface area (Å²) in [7, 11) is 0. The Morgan fingerprint density at radius 3 is 2.36 bits per heavy atom. The number of carbonyl (C=O) groups excluding carboxylic acids is 1. The average molecular weight is 307 g/mol. The van der Waals surface area contributed by atoms with Crippen molar-refractivity contribution in [3.63, 3.8) is 0 Å². The quantitative estimate of drug-likeness (QED) is 0.663. The number of nitrogens with zero attached hydrogens (tertiary/aromatic N) is 2. The summed E-state index contributed by atoms with van der Waals surface area (Å²) in [6, 6.07) is 5.75. The van der Waals surface area contributed by atoms with Gasteiger partial charge in [0.15, 0.2) is 0 Å². The molecule has 1 N–H and O–H groups in total. The molecule has 0 bridgehead atoms. The highest BCUT2D eigenvalue weighted by molar-refractivity contribution is 5.85. The number of benzene rings is 1. The Balaban J connectivity index is 2.07. The van der Waals surface area contributed by atoms with Crippen molar-refractivity contribution < 1.29 is 14.5 Å². The molecule has 0 saturated carbocycles. The molecule has 0 aliphatic carbocycles. The van der Waals surface area contributed by atoms with E-state index in [-0.39, 0.29) is 23.6 Å². The zero-order chi connectivity index (χ0) is 16.1. The van der Waals surface area contributed by atoms with Crippen LogP contribution in [0.5, 0.6) is 0 Å². The van der Waals surface area contributed by atoms with E-state index in [0.29, 0.717) is 32.0 Å². The Labute approximate surface area is 129 Å². The van der Waals surface area contributed by atoms with E-state index in [9.17, 15) is 14.9 Å². The number of anilines is 1. The van der Waals surface area contributed by atoms with Crippen molar-refractivity contribution in [3.05, 3.63) is 34.4 Å². The van der Waals surface area contributed by atoms with Crippen molar-refractivity contribution in [2.75, 3.05) is 31.6 Å². The summed E-state index contributed by atoms with van der Waals surface area (Å²) in [6.07, 6.45) is 0. The van der Waals surface area contributed by atoms with Gasteiger partial charge in [-0.1, -0.05) is 13.8 Å². The van der Waals surface area contributed by atoms with Crippen molar-refractivity contribution in [2.45, 2.75) is 19.9 Å². The van der Waals surface area contributed by atoms with Crippen LogP contribution in [-0.4, -0.2) is 48.1 Å². The molecule has 7 heteroatoms. The molecule has 0 aromatic heterocycles. The third-order valence-corrected chi connectivity index (χ3v) is 3.66. The number of non-ortho nitro benzene ring substituents is 1. The van der Waals surface area contributed by atoms with Gasteiger partial charge < -0.3 is 15.0 Å². The lowest BCUT2D eigenvalue weighted by atomic mass is 10.0. The highest BCUT2D eigenvalue weighted by Gasteiger charge is 2.28. The summed E-state index contributed by atoms with van der Waals surface area (Å²) in [5.41, 5.74) is 0.733. The van der Waals surface area contributed by atoms with Crippen molar-refractivity contribution in [1.82, 2.24) is 4.90 Å². The molecule has 1 aromatic carbocycles. The molecule has 1 saturated heterocycles. The largest absolute Gasteiger partial charge is 0.378 e. The third kappa shape index (κ3) is 3.94. The molecule has 0 radical (unpaired) electrons. The van der Waals surface area contributed by atoms with Crippen LogP contribution >= 0.6 is 0 Å². The number of ether oxygens (including phenoxy) is 1. The van der Waals surface area contributed by atoms with E-state index in [0.717, 1.165) is 0 Å². The molecule has 0 unspecified atom stereocenters. The minimum absolute atomic E-state index is 0.0335. The van der Waals surface area contributed by atoms with Gasteiger partial charge in [0.1, 0.15) is 6.04 Å². The highest BCUT2D eigenvalue weighted by atomic mass is 16.6. The fourth-order valence-corrected chi connectivity index (χ4v) is 2.35. The number of morpholine rings is 1. The Morgan fingerprint density at radius 2 is 1.86 bits per heavy atom. The summed E-state index contributed by atoms with van der Waals surface area (Å²) < 4.78 is 5.27. The normalized spacial score (nSPS) is 16.4. The minimum atomic E-state index is -0.442. The second-order valence-electron chi connectivity index (χ2n) is 5.61. The number of rotatable bonds is 5. The standard InChI is InChI=1S/C15H21N3O4/c1-11(2)14(15(19)17-7-9-22-10-8-17)16-12-3-5-13(6-4-12)18(20)21/h3-6,11,14,16H,7-10H2,1-2H3/t14-/m0/s1. The van der Waals surface area contributed by atoms with Gasteiger partial charge in [-0.25, -0.2) is 0 Å². The van der Waals surface area contributed by atoms with Crippen LogP contribution in [0.1, 0.15) is 13.8 Å². The fraction of sp³-hybridized carbons (Fsp3) is 0.533. The monoisotopic (exact) mass is 307 g/mol. The molecule has 1 heterocycles. The maximum atomic E-state index is 12.6. The first-order valence-corrected chi connectivity index (χ1v) is 7.36. The number of hydrogen-bond acceptors (Lipinski definition) is 5. The summed E-state index contributed by atoms with van der Waals surface area (Å²) in [4.78, 5) is 24.6. The van der Waals surface area contributed by atoms with Gasteiger partial charge in [0.2, 0.25) is 5.91 Å². The van der Waals surface area contributed by atoms with Gasteiger partial charge in [-0.2, -0.15) is 0 Å². The maximum Gasteiger partial charge on any atom is 0.269 e. The first-order chi connectivity index (χ1) is 10.5. The molecule has 1 aromatic rings. The molecule has 120 valence electrons. The number of nitro groups is 1.